The zero-order valence-electron chi connectivity index (χ0n) is 17.0. The first kappa shape index (κ1) is 22.5. The van der Waals surface area contributed by atoms with Gasteiger partial charge < -0.3 is 9.84 Å². The highest BCUT2D eigenvalue weighted by Gasteiger charge is 2.34. The number of anilines is 1. The molecule has 0 saturated carbocycles. The van der Waals surface area contributed by atoms with Crippen LogP contribution >= 0.6 is 11.3 Å². The molecule has 0 unspecified atom stereocenters. The van der Waals surface area contributed by atoms with E-state index >= 15 is 0 Å². The number of benzene rings is 1. The Hall–Kier alpha value is -2.70. The van der Waals surface area contributed by atoms with E-state index in [-0.39, 0.29) is 23.0 Å². The van der Waals surface area contributed by atoms with Crippen molar-refractivity contribution in [3.8, 4) is 11.4 Å². The highest BCUT2D eigenvalue weighted by Crippen LogP contribution is 2.31. The van der Waals surface area contributed by atoms with E-state index in [0.717, 1.165) is 23.5 Å². The number of hydrogen-bond donors (Lipinski definition) is 1. The number of sulfonamides is 1. The third-order valence-corrected chi connectivity index (χ3v) is 8.42. The summed E-state index contributed by atoms with van der Waals surface area (Å²) in [6.45, 7) is 2.15. The maximum absolute atomic E-state index is 13.4. The van der Waals surface area contributed by atoms with Crippen LogP contribution in [0.25, 0.3) is 11.4 Å². The summed E-state index contributed by atoms with van der Waals surface area (Å²) < 4.78 is 59.3. The van der Waals surface area contributed by atoms with Gasteiger partial charge in [0, 0.05) is 42.2 Å². The molecule has 0 aliphatic carbocycles. The van der Waals surface area contributed by atoms with Crippen LogP contribution in [0.4, 0.5) is 14.5 Å². The molecule has 1 aromatic carbocycles. The first-order valence-electron chi connectivity index (χ1n) is 9.95. The van der Waals surface area contributed by atoms with Gasteiger partial charge in [-0.05, 0) is 31.0 Å². The van der Waals surface area contributed by atoms with Crippen LogP contribution in [0, 0.1) is 17.6 Å². The van der Waals surface area contributed by atoms with Crippen LogP contribution in [-0.2, 0) is 21.2 Å². The van der Waals surface area contributed by atoms with E-state index < -0.39 is 33.5 Å². The molecule has 2 aromatic heterocycles. The minimum absolute atomic E-state index is 0.00668. The Balaban J connectivity index is 1.47. The molecular formula is C20H20F2N4O4S2. The summed E-state index contributed by atoms with van der Waals surface area (Å²) in [5, 5.41) is 8.04. The molecule has 1 atom stereocenters. The second kappa shape index (κ2) is 9.04. The number of halogens is 2. The van der Waals surface area contributed by atoms with Crippen LogP contribution in [0.1, 0.15) is 25.7 Å². The van der Waals surface area contributed by atoms with Crippen molar-refractivity contribution in [1.29, 1.82) is 0 Å². The monoisotopic (exact) mass is 482 g/mol. The van der Waals surface area contributed by atoms with Gasteiger partial charge in [0.25, 0.3) is 10.0 Å². The maximum atomic E-state index is 13.4. The van der Waals surface area contributed by atoms with Gasteiger partial charge in [0.1, 0.15) is 4.21 Å². The summed E-state index contributed by atoms with van der Waals surface area (Å²) in [5.41, 5.74) is 0.657. The number of rotatable bonds is 6. The lowest BCUT2D eigenvalue weighted by molar-refractivity contribution is -0.120. The van der Waals surface area contributed by atoms with Gasteiger partial charge in [-0.2, -0.15) is 9.29 Å². The van der Waals surface area contributed by atoms with Gasteiger partial charge in [0.15, 0.2) is 11.6 Å². The summed E-state index contributed by atoms with van der Waals surface area (Å²) in [7, 11) is -3.82. The SMILES string of the molecule is CCc1nc(-c2csc(S(=O)(=O)N3CCC[C@H](C(=O)Nc4ccc(F)c(F)c4)C3)c2)no1. The largest absolute Gasteiger partial charge is 0.339 e. The number of nitrogens with one attached hydrogen (secondary N) is 1. The molecule has 1 aliphatic heterocycles. The molecule has 0 spiro atoms. The van der Waals surface area contributed by atoms with Crippen LogP contribution in [0.2, 0.25) is 0 Å². The first-order valence-corrected chi connectivity index (χ1v) is 12.3. The van der Waals surface area contributed by atoms with Crippen molar-refractivity contribution in [3.05, 3.63) is 47.2 Å². The van der Waals surface area contributed by atoms with Crippen LogP contribution < -0.4 is 5.32 Å². The number of thiophene rings is 1. The van der Waals surface area contributed by atoms with Crippen molar-refractivity contribution in [2.45, 2.75) is 30.4 Å². The smallest absolute Gasteiger partial charge is 0.252 e. The molecule has 1 fully saturated rings. The molecule has 1 saturated heterocycles. The van der Waals surface area contributed by atoms with E-state index in [4.69, 9.17) is 4.52 Å². The Kier molecular flexibility index (Phi) is 6.35. The summed E-state index contributed by atoms with van der Waals surface area (Å²) in [5.74, 6) is -2.36. The fraction of sp³-hybridized carbons (Fsp3) is 0.350. The summed E-state index contributed by atoms with van der Waals surface area (Å²) in [6.07, 6.45) is 1.56. The molecule has 170 valence electrons. The summed E-state index contributed by atoms with van der Waals surface area (Å²) in [6, 6.07) is 4.56. The van der Waals surface area contributed by atoms with E-state index in [2.05, 4.69) is 15.5 Å². The first-order chi connectivity index (χ1) is 15.3. The summed E-state index contributed by atoms with van der Waals surface area (Å²) in [4.78, 5) is 16.8. The number of aromatic nitrogens is 2. The van der Waals surface area contributed by atoms with Gasteiger partial charge in [0.05, 0.1) is 5.92 Å². The Morgan fingerprint density at radius 2 is 2.12 bits per heavy atom. The average molecular weight is 483 g/mol. The molecule has 32 heavy (non-hydrogen) atoms. The van der Waals surface area contributed by atoms with Crippen LogP contribution in [0.5, 0.6) is 0 Å². The normalized spacial score (nSPS) is 17.4. The lowest BCUT2D eigenvalue weighted by Crippen LogP contribution is -2.43. The number of nitrogens with zero attached hydrogens (tertiary/aromatic N) is 3. The van der Waals surface area contributed by atoms with E-state index in [1.807, 2.05) is 6.92 Å². The fourth-order valence-corrected chi connectivity index (χ4v) is 6.24. The number of hydrogen-bond acceptors (Lipinski definition) is 7. The van der Waals surface area contributed by atoms with E-state index in [1.165, 1.54) is 16.4 Å². The Labute approximate surface area is 187 Å². The lowest BCUT2D eigenvalue weighted by atomic mass is 9.98. The average Bonchev–Trinajstić information content (AvgIpc) is 3.46. The van der Waals surface area contributed by atoms with Crippen LogP contribution in [0.15, 0.2) is 38.4 Å². The van der Waals surface area contributed by atoms with Crippen molar-refractivity contribution in [2.75, 3.05) is 18.4 Å². The molecule has 1 aliphatic rings. The van der Waals surface area contributed by atoms with Gasteiger partial charge in [-0.1, -0.05) is 12.1 Å². The third-order valence-electron chi connectivity index (χ3n) is 5.14. The zero-order chi connectivity index (χ0) is 22.9. The van der Waals surface area contributed by atoms with Crippen molar-refractivity contribution < 1.29 is 26.5 Å². The van der Waals surface area contributed by atoms with Gasteiger partial charge in [-0.3, -0.25) is 4.79 Å². The number of amides is 1. The van der Waals surface area contributed by atoms with Crippen LogP contribution in [0.3, 0.4) is 0 Å². The van der Waals surface area contributed by atoms with E-state index in [1.54, 1.807) is 5.38 Å². The lowest BCUT2D eigenvalue weighted by Gasteiger charge is -2.30. The van der Waals surface area contributed by atoms with E-state index in [9.17, 15) is 22.0 Å². The molecule has 0 bridgehead atoms. The molecule has 1 amide bonds. The molecule has 4 rings (SSSR count). The van der Waals surface area contributed by atoms with Crippen molar-refractivity contribution >= 4 is 33.0 Å². The second-order valence-electron chi connectivity index (χ2n) is 7.34. The molecule has 12 heteroatoms. The number of piperidine rings is 1. The molecule has 3 aromatic rings. The topological polar surface area (TPSA) is 105 Å². The van der Waals surface area contributed by atoms with Crippen LogP contribution in [-0.4, -0.2) is 41.9 Å². The standard InChI is InChI=1S/C20H20F2N4O4S2/c1-2-17-24-19(25-30-17)13-8-18(31-11-13)32(28,29)26-7-3-4-12(10-26)20(27)23-14-5-6-15(21)16(22)9-14/h5-6,8-9,11-12H,2-4,7,10H2,1H3,(H,23,27)/t12-/m0/s1. The zero-order valence-corrected chi connectivity index (χ0v) is 18.7. The van der Waals surface area contributed by atoms with Crippen molar-refractivity contribution in [1.82, 2.24) is 14.4 Å². The number of carbonyl (C=O) groups is 1. The Morgan fingerprint density at radius 3 is 2.84 bits per heavy atom. The minimum atomic E-state index is -3.82. The predicted octanol–water partition coefficient (Wildman–Crippen LogP) is 3.68. The number of aryl methyl sites for hydroxylation is 1. The van der Waals surface area contributed by atoms with E-state index in [0.29, 0.717) is 36.5 Å². The predicted molar refractivity (Wildman–Crippen MR) is 113 cm³/mol. The second-order valence-corrected chi connectivity index (χ2v) is 10.4. The Bertz CT molecular complexity index is 1240. The van der Waals surface area contributed by atoms with Crippen molar-refractivity contribution in [2.24, 2.45) is 5.92 Å². The molecule has 0 radical (unpaired) electrons. The molecule has 1 N–H and O–H groups in total. The summed E-state index contributed by atoms with van der Waals surface area (Å²) >= 11 is 1.05. The maximum Gasteiger partial charge on any atom is 0.252 e. The third kappa shape index (κ3) is 4.57. The fourth-order valence-electron chi connectivity index (χ4n) is 3.40. The number of carbonyl (C=O) groups excluding carboxylic acids is 1. The molecule has 3 heterocycles. The van der Waals surface area contributed by atoms with Gasteiger partial charge in [-0.15, -0.1) is 11.3 Å². The van der Waals surface area contributed by atoms with Gasteiger partial charge in [-0.25, -0.2) is 17.2 Å². The highest BCUT2D eigenvalue weighted by molar-refractivity contribution is 7.91. The molecular weight excluding hydrogens is 462 g/mol. The van der Waals surface area contributed by atoms with Gasteiger partial charge >= 0.3 is 0 Å². The van der Waals surface area contributed by atoms with Crippen molar-refractivity contribution in [3.63, 3.8) is 0 Å². The van der Waals surface area contributed by atoms with Gasteiger partial charge in [0.2, 0.25) is 17.6 Å². The minimum Gasteiger partial charge on any atom is -0.339 e. The molecule has 8 nitrogen and oxygen atoms in total. The highest BCUT2D eigenvalue weighted by atomic mass is 32.2. The Morgan fingerprint density at radius 1 is 1.31 bits per heavy atom. The quantitative estimate of drug-likeness (QED) is 0.575.